The Balaban J connectivity index is 2.01. The van der Waals surface area contributed by atoms with Crippen molar-refractivity contribution >= 4 is 28.3 Å². The second-order valence-electron chi connectivity index (χ2n) is 3.97. The first kappa shape index (κ1) is 12.9. The quantitative estimate of drug-likeness (QED) is 0.845. The van der Waals surface area contributed by atoms with Gasteiger partial charge in [0.25, 0.3) is 0 Å². The van der Waals surface area contributed by atoms with Crippen molar-refractivity contribution < 1.29 is 13.2 Å². The van der Waals surface area contributed by atoms with E-state index in [1.165, 1.54) is 0 Å². The van der Waals surface area contributed by atoms with Gasteiger partial charge in [0.1, 0.15) is 0 Å². The van der Waals surface area contributed by atoms with Crippen LogP contribution in [-0.2, 0) is 6.18 Å². The Kier molecular flexibility index (Phi) is 3.77. The lowest BCUT2D eigenvalue weighted by Crippen LogP contribution is -2.32. The van der Waals surface area contributed by atoms with Crippen LogP contribution in [0.2, 0.25) is 0 Å². The fourth-order valence-electron chi connectivity index (χ4n) is 1.80. The van der Waals surface area contributed by atoms with E-state index in [0.717, 1.165) is 37.2 Å². The molecule has 0 saturated heterocycles. The van der Waals surface area contributed by atoms with E-state index in [1.54, 1.807) is 0 Å². The molecule has 0 aliphatic heterocycles. The minimum atomic E-state index is -4.48. The first-order chi connectivity index (χ1) is 7.97. The van der Waals surface area contributed by atoms with Crippen molar-refractivity contribution in [2.45, 2.75) is 43.3 Å². The Morgan fingerprint density at radius 3 is 2.59 bits per heavy atom. The Morgan fingerprint density at radius 2 is 2.00 bits per heavy atom. The van der Waals surface area contributed by atoms with Crippen LogP contribution in [0.25, 0.3) is 0 Å². The molecule has 1 aliphatic carbocycles. The number of nitrogens with zero attached hydrogens (tertiary/aromatic N) is 2. The molecule has 17 heavy (non-hydrogen) atoms. The largest absolute Gasteiger partial charge is 0.452 e. The summed E-state index contributed by atoms with van der Waals surface area (Å²) in [5.41, 5.74) is 0. The minimum absolute atomic E-state index is 0.0144. The summed E-state index contributed by atoms with van der Waals surface area (Å²) in [5, 5.41) is 3.07. The van der Waals surface area contributed by atoms with Crippen LogP contribution in [0.1, 0.15) is 31.5 Å². The molecule has 2 atom stereocenters. The molecule has 96 valence electrons. The van der Waals surface area contributed by atoms with Gasteiger partial charge >= 0.3 is 6.18 Å². The van der Waals surface area contributed by atoms with Crippen molar-refractivity contribution in [1.29, 1.82) is 0 Å². The molecule has 0 radical (unpaired) electrons. The van der Waals surface area contributed by atoms with Crippen LogP contribution in [-0.4, -0.2) is 20.8 Å². The van der Waals surface area contributed by atoms with Crippen molar-refractivity contribution in [1.82, 2.24) is 9.36 Å². The van der Waals surface area contributed by atoms with Crippen LogP contribution in [0.5, 0.6) is 0 Å². The molecule has 3 nitrogen and oxygen atoms in total. The van der Waals surface area contributed by atoms with Crippen molar-refractivity contribution in [3.63, 3.8) is 0 Å². The highest BCUT2D eigenvalue weighted by Crippen LogP contribution is 2.31. The maximum atomic E-state index is 12.3. The summed E-state index contributed by atoms with van der Waals surface area (Å²) in [6.07, 6.45) is -0.648. The number of hydrogen-bond acceptors (Lipinski definition) is 4. The molecule has 0 spiro atoms. The van der Waals surface area contributed by atoms with Crippen molar-refractivity contribution in [2.75, 3.05) is 5.32 Å². The zero-order valence-corrected chi connectivity index (χ0v) is 10.4. The molecule has 1 fully saturated rings. The lowest BCUT2D eigenvalue weighted by molar-refractivity contribution is -0.144. The maximum absolute atomic E-state index is 12.3. The predicted molar refractivity (Wildman–Crippen MR) is 60.4 cm³/mol. The molecule has 0 amide bonds. The Labute approximate surface area is 106 Å². The highest BCUT2D eigenvalue weighted by atomic mass is 35.5. The SMILES string of the molecule is FC(F)(F)c1nsc(NC2CCCCC2Cl)n1. The number of hydrogen-bond donors (Lipinski definition) is 1. The van der Waals surface area contributed by atoms with E-state index in [4.69, 9.17) is 11.6 Å². The number of rotatable bonds is 2. The average molecular weight is 286 g/mol. The van der Waals surface area contributed by atoms with Gasteiger partial charge in [0.2, 0.25) is 11.0 Å². The Morgan fingerprint density at radius 1 is 1.29 bits per heavy atom. The molecule has 1 N–H and O–H groups in total. The maximum Gasteiger partial charge on any atom is 0.452 e. The van der Waals surface area contributed by atoms with Crippen LogP contribution in [0, 0.1) is 0 Å². The van der Waals surface area contributed by atoms with Gasteiger partial charge in [0.15, 0.2) is 0 Å². The van der Waals surface area contributed by atoms with Crippen molar-refractivity contribution in [3.05, 3.63) is 5.82 Å². The molecular formula is C9H11ClF3N3S. The third-order valence-electron chi connectivity index (χ3n) is 2.67. The normalized spacial score (nSPS) is 25.9. The van der Waals surface area contributed by atoms with Crippen LogP contribution in [0.15, 0.2) is 0 Å². The third-order valence-corrected chi connectivity index (χ3v) is 3.84. The van der Waals surface area contributed by atoms with E-state index < -0.39 is 12.0 Å². The highest BCUT2D eigenvalue weighted by molar-refractivity contribution is 7.09. The molecule has 0 bridgehead atoms. The van der Waals surface area contributed by atoms with Crippen LogP contribution in [0.4, 0.5) is 18.3 Å². The topological polar surface area (TPSA) is 37.8 Å². The second kappa shape index (κ2) is 4.97. The molecule has 1 aliphatic rings. The smallest absolute Gasteiger partial charge is 0.356 e. The fraction of sp³-hybridized carbons (Fsp3) is 0.778. The summed E-state index contributed by atoms with van der Waals surface area (Å²) in [6, 6.07) is -0.0144. The summed E-state index contributed by atoms with van der Waals surface area (Å²) >= 11 is 6.82. The van der Waals surface area contributed by atoms with E-state index >= 15 is 0 Å². The predicted octanol–water partition coefficient (Wildman–Crippen LogP) is 3.52. The fourth-order valence-corrected chi connectivity index (χ4v) is 2.80. The van der Waals surface area contributed by atoms with E-state index in [-0.39, 0.29) is 16.6 Å². The Bertz CT molecular complexity index is 382. The minimum Gasteiger partial charge on any atom is -0.356 e. The third kappa shape index (κ3) is 3.22. The van der Waals surface area contributed by atoms with Gasteiger partial charge in [-0.15, -0.1) is 11.6 Å². The van der Waals surface area contributed by atoms with Gasteiger partial charge < -0.3 is 5.32 Å². The summed E-state index contributed by atoms with van der Waals surface area (Å²) in [4.78, 5) is 3.42. The molecule has 8 heteroatoms. The van der Waals surface area contributed by atoms with E-state index in [9.17, 15) is 13.2 Å². The summed E-state index contributed by atoms with van der Waals surface area (Å²) < 4.78 is 40.1. The lowest BCUT2D eigenvalue weighted by Gasteiger charge is -2.27. The molecule has 1 heterocycles. The highest BCUT2D eigenvalue weighted by Gasteiger charge is 2.36. The average Bonchev–Trinajstić information content (AvgIpc) is 2.69. The van der Waals surface area contributed by atoms with Crippen molar-refractivity contribution in [3.8, 4) is 0 Å². The summed E-state index contributed by atoms with van der Waals surface area (Å²) in [7, 11) is 0. The van der Waals surface area contributed by atoms with E-state index in [1.807, 2.05) is 0 Å². The van der Waals surface area contributed by atoms with E-state index in [2.05, 4.69) is 14.7 Å². The van der Waals surface area contributed by atoms with Crippen LogP contribution in [0.3, 0.4) is 0 Å². The molecular weight excluding hydrogens is 275 g/mol. The molecule has 2 rings (SSSR count). The monoisotopic (exact) mass is 285 g/mol. The number of nitrogens with one attached hydrogen (secondary N) is 1. The van der Waals surface area contributed by atoms with Gasteiger partial charge in [-0.05, 0) is 12.8 Å². The molecule has 2 unspecified atom stereocenters. The first-order valence-electron chi connectivity index (χ1n) is 5.28. The molecule has 0 aromatic carbocycles. The number of aromatic nitrogens is 2. The van der Waals surface area contributed by atoms with E-state index in [0.29, 0.717) is 0 Å². The van der Waals surface area contributed by atoms with Gasteiger partial charge in [-0.25, -0.2) is 0 Å². The first-order valence-corrected chi connectivity index (χ1v) is 6.49. The van der Waals surface area contributed by atoms with Gasteiger partial charge in [0.05, 0.1) is 5.38 Å². The molecule has 1 saturated carbocycles. The molecule has 1 aromatic heterocycles. The number of alkyl halides is 4. The zero-order chi connectivity index (χ0) is 12.5. The molecule has 1 aromatic rings. The second-order valence-corrected chi connectivity index (χ2v) is 5.28. The lowest BCUT2D eigenvalue weighted by atomic mass is 9.95. The Hall–Kier alpha value is -0.560. The number of halogens is 4. The zero-order valence-electron chi connectivity index (χ0n) is 8.80. The summed E-state index contributed by atoms with van der Waals surface area (Å²) in [6.45, 7) is 0. The van der Waals surface area contributed by atoms with Gasteiger partial charge in [-0.3, -0.25) is 0 Å². The van der Waals surface area contributed by atoms with Crippen molar-refractivity contribution in [2.24, 2.45) is 0 Å². The van der Waals surface area contributed by atoms with Gasteiger partial charge in [0, 0.05) is 17.6 Å². The van der Waals surface area contributed by atoms with Crippen LogP contribution < -0.4 is 5.32 Å². The standard InChI is InChI=1S/C9H11ClF3N3S/c10-5-3-1-2-4-6(5)14-8-15-7(16-17-8)9(11,12)13/h5-6H,1-4H2,(H,14,15,16). The van der Waals surface area contributed by atoms with Gasteiger partial charge in [-0.2, -0.15) is 22.5 Å². The number of anilines is 1. The van der Waals surface area contributed by atoms with Crippen LogP contribution >= 0.6 is 23.1 Å². The van der Waals surface area contributed by atoms with Gasteiger partial charge in [-0.1, -0.05) is 12.8 Å². The summed E-state index contributed by atoms with van der Waals surface area (Å²) in [5.74, 6) is -1.09.